The van der Waals surface area contributed by atoms with Crippen molar-refractivity contribution in [3.8, 4) is 22.9 Å². The van der Waals surface area contributed by atoms with E-state index in [1.54, 1.807) is 0 Å². The van der Waals surface area contributed by atoms with Crippen LogP contribution < -0.4 is 15.2 Å². The first kappa shape index (κ1) is 11.5. The fourth-order valence-electron chi connectivity index (χ4n) is 1.85. The number of primary amides is 1. The topological polar surface area (TPSA) is 103 Å². The van der Waals surface area contributed by atoms with E-state index in [0.29, 0.717) is 36.4 Å². The van der Waals surface area contributed by atoms with Crippen molar-refractivity contribution in [1.82, 2.24) is 15.2 Å². The molecule has 0 radical (unpaired) electrons. The number of ether oxygens (including phenoxy) is 2. The molecule has 1 aliphatic rings. The summed E-state index contributed by atoms with van der Waals surface area (Å²) in [5.41, 5.74) is 5.89. The molecule has 3 rings (SSSR count). The van der Waals surface area contributed by atoms with E-state index in [4.69, 9.17) is 15.2 Å². The number of hydrogen-bond donors (Lipinski definition) is 2. The van der Waals surface area contributed by atoms with E-state index in [9.17, 15) is 4.79 Å². The smallest absolute Gasteiger partial charge is 0.225 e. The molecule has 1 aromatic heterocycles. The van der Waals surface area contributed by atoms with Crippen molar-refractivity contribution in [2.75, 3.05) is 13.2 Å². The number of aromatic nitrogens is 3. The van der Waals surface area contributed by atoms with Crippen LogP contribution in [-0.2, 0) is 11.2 Å². The number of H-pyrrole nitrogens is 1. The maximum Gasteiger partial charge on any atom is 0.225 e. The predicted molar refractivity (Wildman–Crippen MR) is 65.7 cm³/mol. The molecule has 0 saturated heterocycles. The largest absolute Gasteiger partial charge is 0.486 e. The number of carbonyl (C=O) groups is 1. The van der Waals surface area contributed by atoms with Crippen LogP contribution in [0.1, 0.15) is 5.82 Å². The summed E-state index contributed by atoms with van der Waals surface area (Å²) in [4.78, 5) is 15.0. The van der Waals surface area contributed by atoms with E-state index >= 15 is 0 Å². The van der Waals surface area contributed by atoms with E-state index in [2.05, 4.69) is 15.2 Å². The van der Waals surface area contributed by atoms with E-state index in [1.807, 2.05) is 18.2 Å². The molecular weight excluding hydrogens is 248 g/mol. The lowest BCUT2D eigenvalue weighted by Crippen LogP contribution is -2.15. The van der Waals surface area contributed by atoms with Crippen LogP contribution in [0, 0.1) is 0 Å². The molecule has 0 atom stereocenters. The van der Waals surface area contributed by atoms with Crippen molar-refractivity contribution in [3.05, 3.63) is 24.0 Å². The first-order valence-corrected chi connectivity index (χ1v) is 5.82. The number of hydrogen-bond acceptors (Lipinski definition) is 5. The molecule has 0 spiro atoms. The van der Waals surface area contributed by atoms with Gasteiger partial charge in [0.05, 0.1) is 6.42 Å². The minimum atomic E-state index is -0.454. The summed E-state index contributed by atoms with van der Waals surface area (Å²) in [5, 5.41) is 6.73. The van der Waals surface area contributed by atoms with Gasteiger partial charge in [-0.3, -0.25) is 9.89 Å². The Morgan fingerprint density at radius 3 is 2.89 bits per heavy atom. The second-order valence-corrected chi connectivity index (χ2v) is 4.11. The van der Waals surface area contributed by atoms with Crippen molar-refractivity contribution in [3.63, 3.8) is 0 Å². The Morgan fingerprint density at radius 2 is 2.11 bits per heavy atom. The van der Waals surface area contributed by atoms with Crippen LogP contribution in [0.4, 0.5) is 0 Å². The van der Waals surface area contributed by atoms with Gasteiger partial charge in [-0.25, -0.2) is 4.98 Å². The molecule has 7 heteroatoms. The second kappa shape index (κ2) is 4.60. The average Bonchev–Trinajstić information content (AvgIpc) is 2.86. The monoisotopic (exact) mass is 260 g/mol. The highest BCUT2D eigenvalue weighted by Crippen LogP contribution is 2.33. The molecule has 0 aliphatic carbocycles. The SMILES string of the molecule is NC(=O)Cc1nc(-c2ccc3c(c2)OCCO3)n[nH]1. The second-order valence-electron chi connectivity index (χ2n) is 4.11. The highest BCUT2D eigenvalue weighted by atomic mass is 16.6. The predicted octanol–water partition coefficient (Wildman–Crippen LogP) is 0.271. The molecule has 1 aromatic carbocycles. The summed E-state index contributed by atoms with van der Waals surface area (Å²) < 4.78 is 10.9. The maximum atomic E-state index is 10.8. The number of nitrogens with zero attached hydrogens (tertiary/aromatic N) is 2. The Hall–Kier alpha value is -2.57. The summed E-state index contributed by atoms with van der Waals surface area (Å²) in [6.07, 6.45) is 0.0392. The zero-order valence-corrected chi connectivity index (χ0v) is 10.0. The van der Waals surface area contributed by atoms with Gasteiger partial charge in [-0.2, -0.15) is 5.10 Å². The molecule has 0 saturated carbocycles. The number of fused-ring (bicyclic) bond motifs is 1. The van der Waals surface area contributed by atoms with Gasteiger partial charge in [-0.1, -0.05) is 0 Å². The van der Waals surface area contributed by atoms with Crippen molar-refractivity contribution in [2.24, 2.45) is 5.73 Å². The van der Waals surface area contributed by atoms with Gasteiger partial charge < -0.3 is 15.2 Å². The lowest BCUT2D eigenvalue weighted by atomic mass is 10.2. The average molecular weight is 260 g/mol. The Morgan fingerprint density at radius 1 is 1.32 bits per heavy atom. The molecule has 19 heavy (non-hydrogen) atoms. The number of benzene rings is 1. The molecule has 1 aliphatic heterocycles. The van der Waals surface area contributed by atoms with Gasteiger partial charge in [-0.05, 0) is 18.2 Å². The van der Waals surface area contributed by atoms with Crippen LogP contribution in [-0.4, -0.2) is 34.3 Å². The molecule has 2 heterocycles. The third-order valence-corrected chi connectivity index (χ3v) is 2.67. The number of carbonyl (C=O) groups excluding carboxylic acids is 1. The van der Waals surface area contributed by atoms with Gasteiger partial charge in [0.1, 0.15) is 19.0 Å². The van der Waals surface area contributed by atoms with E-state index in [0.717, 1.165) is 5.56 Å². The summed E-state index contributed by atoms with van der Waals surface area (Å²) >= 11 is 0. The highest BCUT2D eigenvalue weighted by Gasteiger charge is 2.14. The van der Waals surface area contributed by atoms with Crippen LogP contribution in [0.2, 0.25) is 0 Å². The number of nitrogens with two attached hydrogens (primary N) is 1. The maximum absolute atomic E-state index is 10.8. The van der Waals surface area contributed by atoms with Gasteiger partial charge >= 0.3 is 0 Å². The van der Waals surface area contributed by atoms with E-state index < -0.39 is 5.91 Å². The zero-order valence-electron chi connectivity index (χ0n) is 10.0. The van der Waals surface area contributed by atoms with Crippen LogP contribution in [0.3, 0.4) is 0 Å². The molecule has 2 aromatic rings. The minimum absolute atomic E-state index is 0.0392. The van der Waals surface area contributed by atoms with Crippen LogP contribution >= 0.6 is 0 Å². The number of aromatic amines is 1. The Kier molecular flexibility index (Phi) is 2.79. The van der Waals surface area contributed by atoms with Gasteiger partial charge in [0.15, 0.2) is 17.3 Å². The van der Waals surface area contributed by atoms with E-state index in [-0.39, 0.29) is 6.42 Å². The molecular formula is C12H12N4O3. The molecule has 0 fully saturated rings. The van der Waals surface area contributed by atoms with Crippen molar-refractivity contribution < 1.29 is 14.3 Å². The number of rotatable bonds is 3. The fraction of sp³-hybridized carbons (Fsp3) is 0.250. The summed E-state index contributed by atoms with van der Waals surface area (Å²) in [6, 6.07) is 5.46. The third kappa shape index (κ3) is 2.35. The van der Waals surface area contributed by atoms with Crippen molar-refractivity contribution >= 4 is 5.91 Å². The summed E-state index contributed by atoms with van der Waals surface area (Å²) in [5.74, 6) is 1.86. The first-order valence-electron chi connectivity index (χ1n) is 5.82. The van der Waals surface area contributed by atoms with Gasteiger partial charge in [-0.15, -0.1) is 0 Å². The Bertz CT molecular complexity index is 623. The molecule has 1 amide bonds. The normalized spacial score (nSPS) is 13.3. The first-order chi connectivity index (χ1) is 9.22. The lowest BCUT2D eigenvalue weighted by molar-refractivity contribution is -0.117. The van der Waals surface area contributed by atoms with Gasteiger partial charge in [0.2, 0.25) is 5.91 Å². The molecule has 0 bridgehead atoms. The summed E-state index contributed by atoms with van der Waals surface area (Å²) in [6.45, 7) is 1.08. The van der Waals surface area contributed by atoms with Crippen LogP contribution in [0.15, 0.2) is 18.2 Å². The Labute approximate surface area is 108 Å². The van der Waals surface area contributed by atoms with Crippen molar-refractivity contribution in [1.29, 1.82) is 0 Å². The third-order valence-electron chi connectivity index (χ3n) is 2.67. The van der Waals surface area contributed by atoms with Gasteiger partial charge in [0, 0.05) is 5.56 Å². The van der Waals surface area contributed by atoms with E-state index in [1.165, 1.54) is 0 Å². The Balaban J connectivity index is 1.89. The van der Waals surface area contributed by atoms with Crippen LogP contribution in [0.25, 0.3) is 11.4 Å². The standard InChI is InChI=1S/C12H12N4O3/c13-10(17)6-11-14-12(16-15-11)7-1-2-8-9(5-7)19-4-3-18-8/h1-2,5H,3-4,6H2,(H2,13,17)(H,14,15,16). The number of amides is 1. The molecule has 0 unspecified atom stereocenters. The molecule has 3 N–H and O–H groups in total. The lowest BCUT2D eigenvalue weighted by Gasteiger charge is -2.18. The summed E-state index contributed by atoms with van der Waals surface area (Å²) in [7, 11) is 0. The quantitative estimate of drug-likeness (QED) is 0.824. The molecule has 7 nitrogen and oxygen atoms in total. The minimum Gasteiger partial charge on any atom is -0.486 e. The number of nitrogens with one attached hydrogen (secondary N) is 1. The van der Waals surface area contributed by atoms with Crippen molar-refractivity contribution in [2.45, 2.75) is 6.42 Å². The van der Waals surface area contributed by atoms with Crippen LogP contribution in [0.5, 0.6) is 11.5 Å². The highest BCUT2D eigenvalue weighted by molar-refractivity contribution is 5.75. The fourth-order valence-corrected chi connectivity index (χ4v) is 1.85. The zero-order chi connectivity index (χ0) is 13.2. The van der Waals surface area contributed by atoms with Gasteiger partial charge in [0.25, 0.3) is 0 Å². The molecule has 98 valence electrons.